The third-order valence-electron chi connectivity index (χ3n) is 10.5. The van der Waals surface area contributed by atoms with E-state index in [4.69, 9.17) is 49.5 Å². The van der Waals surface area contributed by atoms with Crippen molar-refractivity contribution in [3.63, 3.8) is 0 Å². The number of hydrogen-bond acceptors (Lipinski definition) is 26. The van der Waals surface area contributed by atoms with Gasteiger partial charge in [0.05, 0.1) is 44.9 Å². The monoisotopic (exact) mass is 989 g/mol. The van der Waals surface area contributed by atoms with E-state index in [0.29, 0.717) is 0 Å². The predicted octanol–water partition coefficient (Wildman–Crippen LogP) is -2.47. The molecule has 9 rings (SSSR count). The lowest BCUT2D eigenvalue weighted by Crippen LogP contribution is -2.36. The van der Waals surface area contributed by atoms with Crippen LogP contribution in [0.5, 0.6) is 0 Å². The first-order valence-corrected chi connectivity index (χ1v) is 23.6. The van der Waals surface area contributed by atoms with Gasteiger partial charge < -0.3 is 66.3 Å². The normalized spacial score (nSPS) is 30.1. The molecule has 0 aromatic carbocycles. The SMILES string of the molecule is Nc1ncnc2c1ncn2[C@@H]1O[C@H](COP(=O)(O)O)[C@@H](O)[C@H]1OP(=O)(O)OC[C@H]1O[C@@H](n2cnc3c(N)ncnc32)[C@H](OP(=O)(O)OC[C@@H]2C[C@@H](O)[C@H](n3cnc4c(N)ncnc43)O2)[C@@H]1O. The number of nitrogen functional groups attached to an aromatic ring is 3. The molecule has 0 aliphatic carbocycles. The lowest BCUT2D eigenvalue weighted by molar-refractivity contribution is -0.0632. The van der Waals surface area contributed by atoms with Gasteiger partial charge in [-0.25, -0.2) is 58.6 Å². The summed E-state index contributed by atoms with van der Waals surface area (Å²) >= 11 is 0. The molecule has 33 nitrogen and oxygen atoms in total. The fourth-order valence-corrected chi connectivity index (χ4v) is 9.75. The molecule has 0 bridgehead atoms. The molecule has 0 saturated carbocycles. The molecule has 3 aliphatic rings. The number of aliphatic hydroxyl groups is 3. The number of nitrogens with zero attached hydrogens (tertiary/aromatic N) is 12. The molecule has 0 amide bonds. The highest BCUT2D eigenvalue weighted by Gasteiger charge is 2.53. The number of nitrogens with two attached hydrogens (primary N) is 3. The quantitative estimate of drug-likeness (QED) is 0.0449. The van der Waals surface area contributed by atoms with Crippen molar-refractivity contribution in [1.82, 2.24) is 58.6 Å². The summed E-state index contributed by atoms with van der Waals surface area (Å²) in [5.74, 6) is -0.0359. The van der Waals surface area contributed by atoms with Crippen LogP contribution in [0.3, 0.4) is 0 Å². The highest BCUT2D eigenvalue weighted by atomic mass is 31.2. The van der Waals surface area contributed by atoms with E-state index >= 15 is 0 Å². The summed E-state index contributed by atoms with van der Waals surface area (Å²) < 4.78 is 85.9. The first kappa shape index (κ1) is 46.3. The van der Waals surface area contributed by atoms with Crippen LogP contribution in [-0.2, 0) is 50.5 Å². The standard InChI is InChI=1S/C30H38N15O18P3/c31-22-15-25(37-5-34-22)43(8-40-15)28-12(46)1-11(59-28)2-57-65(52,53)62-21-19(48)14(61-30(21)45-10-42-17-24(33)36-7-39-27(17)45)4-58-66(54,55)63-20-18(47)13(3-56-64(49,50)51)60-29(20)44-9-41-16-23(32)35-6-38-26(16)44/h5-14,18-21,28-30,46-48H,1-4H2,(H,52,53)(H,54,55)(H2,31,34,37)(H2,32,35,38)(H2,33,36,39)(H2,49,50,51)/t11-,12+,13+,14+,18+,19+,20+,21+,28+,29+,30+/m0/s1. The topological polar surface area (TPSA) is 476 Å². The number of imidazole rings is 3. The molecule has 3 aliphatic heterocycles. The maximum atomic E-state index is 13.6. The van der Waals surface area contributed by atoms with E-state index in [1.54, 1.807) is 0 Å². The molecule has 6 aromatic heterocycles. The molecule has 36 heteroatoms. The summed E-state index contributed by atoms with van der Waals surface area (Å²) in [6.45, 7) is -2.54. The van der Waals surface area contributed by atoms with Gasteiger partial charge in [-0.05, 0) is 0 Å². The molecule has 3 fully saturated rings. The summed E-state index contributed by atoms with van der Waals surface area (Å²) in [6, 6.07) is 0. The van der Waals surface area contributed by atoms with Crippen molar-refractivity contribution in [3.05, 3.63) is 38.0 Å². The van der Waals surface area contributed by atoms with Gasteiger partial charge in [0.2, 0.25) is 0 Å². The van der Waals surface area contributed by atoms with Crippen LogP contribution >= 0.6 is 23.5 Å². The van der Waals surface area contributed by atoms with Gasteiger partial charge in [-0.2, -0.15) is 0 Å². The average molecular weight is 990 g/mol. The van der Waals surface area contributed by atoms with Crippen LogP contribution in [0.1, 0.15) is 25.1 Å². The first-order valence-electron chi connectivity index (χ1n) is 19.1. The zero-order valence-corrected chi connectivity index (χ0v) is 35.9. The number of phosphoric acid groups is 3. The average Bonchev–Trinajstić information content (AvgIpc) is 4.12. The molecule has 13 atom stereocenters. The molecule has 3 saturated heterocycles. The highest BCUT2D eigenvalue weighted by molar-refractivity contribution is 7.47. The zero-order valence-electron chi connectivity index (χ0n) is 33.2. The molecule has 0 radical (unpaired) electrons. The number of rotatable bonds is 16. The fourth-order valence-electron chi connectivity index (χ4n) is 7.53. The van der Waals surface area contributed by atoms with Crippen LogP contribution in [0, 0.1) is 0 Å². The van der Waals surface area contributed by atoms with E-state index in [1.165, 1.54) is 21.8 Å². The Morgan fingerprint density at radius 3 is 1.38 bits per heavy atom. The van der Waals surface area contributed by atoms with Gasteiger partial charge in [-0.15, -0.1) is 0 Å². The largest absolute Gasteiger partial charge is 0.472 e. The van der Waals surface area contributed by atoms with Crippen LogP contribution in [0.15, 0.2) is 38.0 Å². The number of aromatic nitrogens is 12. The van der Waals surface area contributed by atoms with Crippen LogP contribution < -0.4 is 17.2 Å². The molecule has 6 aromatic rings. The molecule has 0 spiro atoms. The van der Waals surface area contributed by atoms with Crippen LogP contribution in [-0.4, -0.2) is 162 Å². The minimum Gasteiger partial charge on any atom is -0.388 e. The third kappa shape index (κ3) is 9.11. The molecule has 356 valence electrons. The van der Waals surface area contributed by atoms with Crippen LogP contribution in [0.2, 0.25) is 0 Å². The minimum absolute atomic E-state index is 0.00423. The van der Waals surface area contributed by atoms with E-state index in [9.17, 15) is 48.6 Å². The Balaban J connectivity index is 0.910. The number of hydrogen-bond donors (Lipinski definition) is 10. The summed E-state index contributed by atoms with van der Waals surface area (Å²) in [6.07, 6.45) is -10.4. The molecule has 9 heterocycles. The van der Waals surface area contributed by atoms with Crippen LogP contribution in [0.25, 0.3) is 33.5 Å². The maximum Gasteiger partial charge on any atom is 0.472 e. The smallest absolute Gasteiger partial charge is 0.388 e. The number of fused-ring (bicyclic) bond motifs is 3. The van der Waals surface area contributed by atoms with Crippen molar-refractivity contribution in [2.45, 2.75) is 73.9 Å². The van der Waals surface area contributed by atoms with E-state index in [-0.39, 0.29) is 57.4 Å². The Morgan fingerprint density at radius 2 is 0.955 bits per heavy atom. The second kappa shape index (κ2) is 17.7. The second-order valence-electron chi connectivity index (χ2n) is 14.8. The Kier molecular flexibility index (Phi) is 12.4. The van der Waals surface area contributed by atoms with E-state index < -0.39 is 111 Å². The van der Waals surface area contributed by atoms with Gasteiger partial charge >= 0.3 is 23.5 Å². The lowest BCUT2D eigenvalue weighted by Gasteiger charge is -2.25. The summed E-state index contributed by atoms with van der Waals surface area (Å²) in [4.78, 5) is 76.9. The number of ether oxygens (including phenoxy) is 3. The van der Waals surface area contributed by atoms with Crippen LogP contribution in [0.4, 0.5) is 17.5 Å². The second-order valence-corrected chi connectivity index (χ2v) is 18.8. The lowest BCUT2D eigenvalue weighted by atomic mass is 10.1. The molecule has 2 unspecified atom stereocenters. The van der Waals surface area contributed by atoms with E-state index in [2.05, 4.69) is 49.4 Å². The Bertz CT molecular complexity index is 2900. The molecular weight excluding hydrogens is 951 g/mol. The van der Waals surface area contributed by atoms with Gasteiger partial charge in [-0.1, -0.05) is 0 Å². The van der Waals surface area contributed by atoms with Crippen molar-refractivity contribution in [2.75, 3.05) is 37.0 Å². The Labute approximate surface area is 366 Å². The molecule has 66 heavy (non-hydrogen) atoms. The Morgan fingerprint density at radius 1 is 0.561 bits per heavy atom. The predicted molar refractivity (Wildman–Crippen MR) is 213 cm³/mol. The Hall–Kier alpha value is -4.86. The first-order chi connectivity index (χ1) is 31.3. The number of aliphatic hydroxyl groups excluding tert-OH is 3. The van der Waals surface area contributed by atoms with Gasteiger partial charge in [0, 0.05) is 6.42 Å². The van der Waals surface area contributed by atoms with E-state index in [1.807, 2.05) is 0 Å². The fraction of sp³-hybridized carbons (Fsp3) is 0.500. The van der Waals surface area contributed by atoms with Gasteiger partial charge in [0.1, 0.15) is 78.3 Å². The maximum absolute atomic E-state index is 13.6. The van der Waals surface area contributed by atoms with Crippen molar-refractivity contribution in [3.8, 4) is 0 Å². The molecule has 13 N–H and O–H groups in total. The van der Waals surface area contributed by atoms with E-state index in [0.717, 1.165) is 29.9 Å². The summed E-state index contributed by atoms with van der Waals surface area (Å²) in [5, 5.41) is 33.6. The zero-order chi connectivity index (χ0) is 46.9. The third-order valence-corrected chi connectivity index (χ3v) is 13.0. The summed E-state index contributed by atoms with van der Waals surface area (Å²) in [5.41, 5.74) is 18.4. The van der Waals surface area contributed by atoms with Crippen molar-refractivity contribution in [1.29, 1.82) is 0 Å². The van der Waals surface area contributed by atoms with Gasteiger partial charge in [0.15, 0.2) is 53.1 Å². The summed E-state index contributed by atoms with van der Waals surface area (Å²) in [7, 11) is -15.7. The van der Waals surface area contributed by atoms with Gasteiger partial charge in [0.25, 0.3) is 0 Å². The minimum atomic E-state index is -5.39. The highest BCUT2D eigenvalue weighted by Crippen LogP contribution is 2.53. The van der Waals surface area contributed by atoms with Crippen molar-refractivity contribution in [2.24, 2.45) is 0 Å². The van der Waals surface area contributed by atoms with Crippen molar-refractivity contribution >= 4 is 74.4 Å². The van der Waals surface area contributed by atoms with Gasteiger partial charge in [-0.3, -0.25) is 36.3 Å². The number of phosphoric ester groups is 3. The molecular formula is C30H38N15O18P3. The number of anilines is 3. The van der Waals surface area contributed by atoms with Crippen molar-refractivity contribution < 1.29 is 85.4 Å².